The summed E-state index contributed by atoms with van der Waals surface area (Å²) in [5.74, 6) is 0. The van der Waals surface area contributed by atoms with Gasteiger partial charge in [0.05, 0.1) is 6.20 Å². The number of nitrogens with zero attached hydrogens (tertiary/aromatic N) is 3. The van der Waals surface area contributed by atoms with Crippen LogP contribution in [0.5, 0.6) is 0 Å². The molecule has 0 N–H and O–H groups in total. The Morgan fingerprint density at radius 1 is 1.05 bits per heavy atom. The van der Waals surface area contributed by atoms with Crippen LogP contribution in [0.1, 0.15) is 5.56 Å². The summed E-state index contributed by atoms with van der Waals surface area (Å²) >= 11 is 18.2. The fourth-order valence-corrected chi connectivity index (χ4v) is 2.40. The number of hydrogen-bond donors (Lipinski definition) is 0. The van der Waals surface area contributed by atoms with Gasteiger partial charge in [0.15, 0.2) is 5.65 Å². The smallest absolute Gasteiger partial charge is 0.166 e. The average Bonchev–Trinajstić information content (AvgIpc) is 2.81. The lowest BCUT2D eigenvalue weighted by atomic mass is 10.1. The molecule has 96 valence electrons. The van der Waals surface area contributed by atoms with Crippen LogP contribution >= 0.6 is 34.8 Å². The van der Waals surface area contributed by atoms with Crippen molar-refractivity contribution in [1.29, 1.82) is 0 Å². The summed E-state index contributed by atoms with van der Waals surface area (Å²) in [4.78, 5) is 4.34. The van der Waals surface area contributed by atoms with Crippen molar-refractivity contribution >= 4 is 40.4 Å². The molecule has 0 fully saturated rings. The Morgan fingerprint density at radius 2 is 1.74 bits per heavy atom. The van der Waals surface area contributed by atoms with Crippen LogP contribution in [0, 0.1) is 6.92 Å². The van der Waals surface area contributed by atoms with Crippen LogP contribution in [-0.2, 0) is 0 Å². The number of benzene rings is 1. The Hall–Kier alpha value is -1.29. The Balaban J connectivity index is 2.29. The zero-order valence-electron chi connectivity index (χ0n) is 9.86. The van der Waals surface area contributed by atoms with Gasteiger partial charge in [-0.3, -0.25) is 0 Å². The standard InChI is InChI=1S/C13H8Cl3N3/c1-7-11(15)18-13-10(6-17-19(13)12(7)16)8-2-4-9(14)5-3-8/h2-6H,1H3. The minimum atomic E-state index is 0.383. The molecule has 0 saturated heterocycles. The summed E-state index contributed by atoms with van der Waals surface area (Å²) in [5, 5.41) is 5.78. The first-order valence-electron chi connectivity index (χ1n) is 5.53. The van der Waals surface area contributed by atoms with Gasteiger partial charge in [-0.25, -0.2) is 9.50 Å². The normalized spacial score (nSPS) is 11.2. The summed E-state index contributed by atoms with van der Waals surface area (Å²) in [6, 6.07) is 7.45. The number of halogens is 3. The molecule has 0 aliphatic carbocycles. The second-order valence-electron chi connectivity index (χ2n) is 4.12. The molecule has 2 heterocycles. The second kappa shape index (κ2) is 4.67. The third-order valence-corrected chi connectivity index (χ3v) is 3.97. The first-order valence-corrected chi connectivity index (χ1v) is 6.66. The van der Waals surface area contributed by atoms with Gasteiger partial charge in [0.25, 0.3) is 0 Å². The van der Waals surface area contributed by atoms with Gasteiger partial charge in [-0.05, 0) is 24.6 Å². The molecule has 19 heavy (non-hydrogen) atoms. The Labute approximate surface area is 124 Å². The maximum Gasteiger partial charge on any atom is 0.166 e. The zero-order chi connectivity index (χ0) is 13.6. The molecule has 0 aliphatic heterocycles. The zero-order valence-corrected chi connectivity index (χ0v) is 12.1. The summed E-state index contributed by atoms with van der Waals surface area (Å²) < 4.78 is 1.58. The number of rotatable bonds is 1. The molecule has 3 rings (SSSR count). The molecule has 6 heteroatoms. The van der Waals surface area contributed by atoms with Gasteiger partial charge >= 0.3 is 0 Å². The first-order chi connectivity index (χ1) is 9.08. The van der Waals surface area contributed by atoms with Crippen LogP contribution in [0.15, 0.2) is 30.5 Å². The fourth-order valence-electron chi connectivity index (χ4n) is 1.85. The molecule has 0 aliphatic rings. The summed E-state index contributed by atoms with van der Waals surface area (Å²) in [7, 11) is 0. The number of hydrogen-bond acceptors (Lipinski definition) is 2. The van der Waals surface area contributed by atoms with Crippen molar-refractivity contribution < 1.29 is 0 Å². The number of aromatic nitrogens is 3. The van der Waals surface area contributed by atoms with E-state index >= 15 is 0 Å². The molecule has 0 radical (unpaired) electrons. The summed E-state index contributed by atoms with van der Waals surface area (Å²) in [5.41, 5.74) is 3.16. The lowest BCUT2D eigenvalue weighted by Gasteiger charge is -2.04. The summed E-state index contributed by atoms with van der Waals surface area (Å²) in [6.45, 7) is 1.81. The van der Waals surface area contributed by atoms with E-state index in [1.807, 2.05) is 24.3 Å². The quantitative estimate of drug-likeness (QED) is 0.611. The highest BCUT2D eigenvalue weighted by molar-refractivity contribution is 6.35. The molecule has 3 aromatic rings. The summed E-state index contributed by atoms with van der Waals surface area (Å²) in [6.07, 6.45) is 1.72. The molecule has 0 bridgehead atoms. The van der Waals surface area contributed by atoms with E-state index in [0.717, 1.165) is 11.1 Å². The van der Waals surface area contributed by atoms with Crippen LogP contribution < -0.4 is 0 Å². The molecule has 3 nitrogen and oxygen atoms in total. The van der Waals surface area contributed by atoms with Crippen LogP contribution in [0.25, 0.3) is 16.8 Å². The van der Waals surface area contributed by atoms with Gasteiger partial charge in [0.1, 0.15) is 10.3 Å². The monoisotopic (exact) mass is 311 g/mol. The highest BCUT2D eigenvalue weighted by atomic mass is 35.5. The van der Waals surface area contributed by atoms with Crippen molar-refractivity contribution in [3.8, 4) is 11.1 Å². The average molecular weight is 313 g/mol. The third-order valence-electron chi connectivity index (χ3n) is 2.91. The van der Waals surface area contributed by atoms with Crippen molar-refractivity contribution in [3.63, 3.8) is 0 Å². The van der Waals surface area contributed by atoms with Crippen LogP contribution in [0.3, 0.4) is 0 Å². The van der Waals surface area contributed by atoms with Crippen molar-refractivity contribution in [1.82, 2.24) is 14.6 Å². The maximum atomic E-state index is 6.21. The van der Waals surface area contributed by atoms with Crippen LogP contribution in [0.2, 0.25) is 15.3 Å². The van der Waals surface area contributed by atoms with Gasteiger partial charge in [0, 0.05) is 16.1 Å². The largest absolute Gasteiger partial charge is 0.216 e. The Bertz CT molecular complexity index is 763. The van der Waals surface area contributed by atoms with E-state index in [2.05, 4.69) is 10.1 Å². The molecular formula is C13H8Cl3N3. The molecule has 2 aromatic heterocycles. The van der Waals surface area contributed by atoms with E-state index in [1.165, 1.54) is 0 Å². The van der Waals surface area contributed by atoms with Gasteiger partial charge in [-0.15, -0.1) is 0 Å². The predicted octanol–water partition coefficient (Wildman–Crippen LogP) is 4.66. The van der Waals surface area contributed by atoms with Gasteiger partial charge in [-0.1, -0.05) is 46.9 Å². The van der Waals surface area contributed by atoms with E-state index in [1.54, 1.807) is 17.6 Å². The highest BCUT2D eigenvalue weighted by Gasteiger charge is 2.14. The Morgan fingerprint density at radius 3 is 2.42 bits per heavy atom. The van der Waals surface area contributed by atoms with Crippen molar-refractivity contribution in [3.05, 3.63) is 51.4 Å². The van der Waals surface area contributed by atoms with E-state index < -0.39 is 0 Å². The van der Waals surface area contributed by atoms with Gasteiger partial charge < -0.3 is 0 Å². The lowest BCUT2D eigenvalue weighted by molar-refractivity contribution is 0.929. The van der Waals surface area contributed by atoms with Crippen molar-refractivity contribution in [2.24, 2.45) is 0 Å². The number of fused-ring (bicyclic) bond motifs is 1. The van der Waals surface area contributed by atoms with E-state index in [9.17, 15) is 0 Å². The lowest BCUT2D eigenvalue weighted by Crippen LogP contribution is -1.96. The predicted molar refractivity (Wildman–Crippen MR) is 78.2 cm³/mol. The highest BCUT2D eigenvalue weighted by Crippen LogP contribution is 2.29. The molecule has 0 atom stereocenters. The van der Waals surface area contributed by atoms with E-state index in [-0.39, 0.29) is 0 Å². The van der Waals surface area contributed by atoms with Gasteiger partial charge in [-0.2, -0.15) is 5.10 Å². The topological polar surface area (TPSA) is 30.2 Å². The Kier molecular flexibility index (Phi) is 3.13. The molecule has 1 aromatic carbocycles. The molecule has 0 unspecified atom stereocenters. The van der Waals surface area contributed by atoms with Crippen LogP contribution in [-0.4, -0.2) is 14.6 Å². The molecule has 0 amide bonds. The van der Waals surface area contributed by atoms with E-state index in [0.29, 0.717) is 26.5 Å². The maximum absolute atomic E-state index is 6.21. The molecule has 0 saturated carbocycles. The fraction of sp³-hybridized carbons (Fsp3) is 0.0769. The third kappa shape index (κ3) is 2.08. The minimum absolute atomic E-state index is 0.383. The minimum Gasteiger partial charge on any atom is -0.216 e. The van der Waals surface area contributed by atoms with Crippen LogP contribution in [0.4, 0.5) is 0 Å². The second-order valence-corrected chi connectivity index (χ2v) is 5.27. The van der Waals surface area contributed by atoms with Crippen molar-refractivity contribution in [2.45, 2.75) is 6.92 Å². The first kappa shape index (κ1) is 12.7. The van der Waals surface area contributed by atoms with Gasteiger partial charge in [0.2, 0.25) is 0 Å². The molecule has 0 spiro atoms. The van der Waals surface area contributed by atoms with Crippen molar-refractivity contribution in [2.75, 3.05) is 0 Å². The SMILES string of the molecule is Cc1c(Cl)nc2c(-c3ccc(Cl)cc3)cnn2c1Cl. The molecular weight excluding hydrogens is 305 g/mol. The van der Waals surface area contributed by atoms with E-state index in [4.69, 9.17) is 34.8 Å².